The summed E-state index contributed by atoms with van der Waals surface area (Å²) in [6.45, 7) is 2.50. The van der Waals surface area contributed by atoms with Crippen LogP contribution in [-0.2, 0) is 42.7 Å². The zero-order valence-corrected chi connectivity index (χ0v) is 14.8. The van der Waals surface area contributed by atoms with Gasteiger partial charge in [-0.25, -0.2) is 0 Å². The molecule has 0 N–H and O–H groups in total. The second-order valence-electron chi connectivity index (χ2n) is 5.26. The van der Waals surface area contributed by atoms with Crippen molar-refractivity contribution in [1.82, 2.24) is 0 Å². The van der Waals surface area contributed by atoms with Gasteiger partial charge in [0.2, 0.25) is 0 Å². The number of rotatable bonds is 8. The standard InChI is InChI=1S/C15H26O9/c1-8(16)22-7-10(18-3)11-13(23-9(2)17)12(19-4)14(20-5)15(21-6)24-11/h10-15H,7H2,1-6H3. The van der Waals surface area contributed by atoms with E-state index in [0.29, 0.717) is 0 Å². The van der Waals surface area contributed by atoms with Crippen molar-refractivity contribution in [2.45, 2.75) is 50.7 Å². The summed E-state index contributed by atoms with van der Waals surface area (Å²) < 4.78 is 37.7. The number of carbonyl (C=O) groups is 2. The van der Waals surface area contributed by atoms with Crippen molar-refractivity contribution in [1.29, 1.82) is 0 Å². The van der Waals surface area contributed by atoms with Gasteiger partial charge < -0.3 is 33.2 Å². The number of hydrogen-bond acceptors (Lipinski definition) is 9. The molecule has 1 aliphatic rings. The lowest BCUT2D eigenvalue weighted by Crippen LogP contribution is -2.64. The van der Waals surface area contributed by atoms with E-state index in [1.54, 1.807) is 0 Å². The molecule has 6 atom stereocenters. The number of methoxy groups -OCH3 is 4. The maximum Gasteiger partial charge on any atom is 0.303 e. The summed E-state index contributed by atoms with van der Waals surface area (Å²) in [5, 5.41) is 0. The van der Waals surface area contributed by atoms with Gasteiger partial charge in [0.05, 0.1) is 0 Å². The van der Waals surface area contributed by atoms with Crippen LogP contribution < -0.4 is 0 Å². The summed E-state index contributed by atoms with van der Waals surface area (Å²) in [6.07, 6.45) is -4.34. The van der Waals surface area contributed by atoms with Gasteiger partial charge in [-0.2, -0.15) is 0 Å². The Morgan fingerprint density at radius 3 is 1.96 bits per heavy atom. The maximum absolute atomic E-state index is 11.5. The van der Waals surface area contributed by atoms with Gasteiger partial charge in [-0.15, -0.1) is 0 Å². The molecule has 24 heavy (non-hydrogen) atoms. The fourth-order valence-electron chi connectivity index (χ4n) is 2.66. The van der Waals surface area contributed by atoms with Crippen LogP contribution in [0.2, 0.25) is 0 Å². The van der Waals surface area contributed by atoms with Gasteiger partial charge in [-0.3, -0.25) is 9.59 Å². The molecule has 0 aromatic carbocycles. The van der Waals surface area contributed by atoms with Crippen molar-refractivity contribution in [2.75, 3.05) is 35.0 Å². The molecule has 0 spiro atoms. The lowest BCUT2D eigenvalue weighted by atomic mass is 9.94. The summed E-state index contributed by atoms with van der Waals surface area (Å²) in [5.74, 6) is -0.970. The number of hydrogen-bond donors (Lipinski definition) is 0. The molecule has 1 rings (SSSR count). The first-order valence-electron chi connectivity index (χ1n) is 7.46. The Hall–Kier alpha value is -1.26. The summed E-state index contributed by atoms with van der Waals surface area (Å²) in [5.41, 5.74) is 0. The Bertz CT molecular complexity index is 414. The Balaban J connectivity index is 3.09. The molecule has 0 aromatic heterocycles. The molecule has 0 amide bonds. The van der Waals surface area contributed by atoms with E-state index in [2.05, 4.69) is 0 Å². The third kappa shape index (κ3) is 5.12. The summed E-state index contributed by atoms with van der Waals surface area (Å²) >= 11 is 0. The van der Waals surface area contributed by atoms with Crippen LogP contribution in [0.25, 0.3) is 0 Å². The predicted octanol–water partition coefficient (Wildman–Crippen LogP) is -0.102. The number of carbonyl (C=O) groups excluding carboxylic acids is 2. The van der Waals surface area contributed by atoms with Crippen molar-refractivity contribution in [2.24, 2.45) is 0 Å². The molecule has 1 heterocycles. The van der Waals surface area contributed by atoms with Gasteiger partial charge in [0, 0.05) is 42.3 Å². The molecule has 1 fully saturated rings. The van der Waals surface area contributed by atoms with Gasteiger partial charge in [-0.05, 0) is 0 Å². The first-order valence-corrected chi connectivity index (χ1v) is 7.46. The van der Waals surface area contributed by atoms with Crippen molar-refractivity contribution < 1.29 is 42.7 Å². The zero-order valence-electron chi connectivity index (χ0n) is 14.8. The molecule has 9 heteroatoms. The topological polar surface area (TPSA) is 98.8 Å². The molecule has 1 saturated heterocycles. The molecule has 0 saturated carbocycles. The molecule has 0 aromatic rings. The van der Waals surface area contributed by atoms with E-state index >= 15 is 0 Å². The average Bonchev–Trinajstić information content (AvgIpc) is 2.54. The van der Waals surface area contributed by atoms with E-state index in [9.17, 15) is 9.59 Å². The largest absolute Gasteiger partial charge is 0.463 e. The molecule has 0 aliphatic carbocycles. The van der Waals surface area contributed by atoms with Crippen LogP contribution >= 0.6 is 0 Å². The Morgan fingerprint density at radius 1 is 0.917 bits per heavy atom. The smallest absolute Gasteiger partial charge is 0.303 e. The van der Waals surface area contributed by atoms with Crippen LogP contribution in [-0.4, -0.2) is 83.8 Å². The molecule has 0 radical (unpaired) electrons. The monoisotopic (exact) mass is 350 g/mol. The van der Waals surface area contributed by atoms with E-state index in [4.69, 9.17) is 33.2 Å². The SMILES string of the molecule is COC(COC(C)=O)C1OC(OC)C(OC)C(OC)C1OC(C)=O. The van der Waals surface area contributed by atoms with Crippen LogP contribution in [0.3, 0.4) is 0 Å². The third-order valence-corrected chi connectivity index (χ3v) is 3.73. The van der Waals surface area contributed by atoms with Crippen LogP contribution in [0, 0.1) is 0 Å². The van der Waals surface area contributed by atoms with Crippen molar-refractivity contribution in [3.8, 4) is 0 Å². The highest BCUT2D eigenvalue weighted by Crippen LogP contribution is 2.30. The molecular weight excluding hydrogens is 324 g/mol. The van der Waals surface area contributed by atoms with Gasteiger partial charge in [0.25, 0.3) is 0 Å². The highest BCUT2D eigenvalue weighted by molar-refractivity contribution is 5.66. The molecule has 1 aliphatic heterocycles. The number of esters is 2. The van der Waals surface area contributed by atoms with Crippen LogP contribution in [0.15, 0.2) is 0 Å². The number of ether oxygens (including phenoxy) is 7. The van der Waals surface area contributed by atoms with E-state index in [1.807, 2.05) is 0 Å². The minimum absolute atomic E-state index is 0.0707. The highest BCUT2D eigenvalue weighted by atomic mass is 16.7. The van der Waals surface area contributed by atoms with Gasteiger partial charge >= 0.3 is 11.9 Å². The Morgan fingerprint density at radius 2 is 1.54 bits per heavy atom. The van der Waals surface area contributed by atoms with E-state index in [0.717, 1.165) is 0 Å². The highest BCUT2D eigenvalue weighted by Gasteiger charge is 2.51. The van der Waals surface area contributed by atoms with E-state index in [-0.39, 0.29) is 6.61 Å². The predicted molar refractivity (Wildman–Crippen MR) is 80.2 cm³/mol. The lowest BCUT2D eigenvalue weighted by molar-refractivity contribution is -0.316. The summed E-state index contributed by atoms with van der Waals surface area (Å²) in [6, 6.07) is 0. The Labute approximate surface area is 141 Å². The lowest BCUT2D eigenvalue weighted by Gasteiger charge is -2.45. The second-order valence-corrected chi connectivity index (χ2v) is 5.26. The third-order valence-electron chi connectivity index (χ3n) is 3.73. The van der Waals surface area contributed by atoms with E-state index in [1.165, 1.54) is 42.3 Å². The van der Waals surface area contributed by atoms with Gasteiger partial charge in [0.15, 0.2) is 12.4 Å². The average molecular weight is 350 g/mol. The van der Waals surface area contributed by atoms with Crippen molar-refractivity contribution >= 4 is 11.9 Å². The quantitative estimate of drug-likeness (QED) is 0.556. The Kier molecular flexibility index (Phi) is 8.57. The van der Waals surface area contributed by atoms with Gasteiger partial charge in [0.1, 0.15) is 31.0 Å². The molecule has 140 valence electrons. The van der Waals surface area contributed by atoms with Crippen molar-refractivity contribution in [3.05, 3.63) is 0 Å². The summed E-state index contributed by atoms with van der Waals surface area (Å²) in [7, 11) is 5.84. The molecular formula is C15H26O9. The zero-order chi connectivity index (χ0) is 18.3. The van der Waals surface area contributed by atoms with Crippen LogP contribution in [0.4, 0.5) is 0 Å². The minimum atomic E-state index is -0.829. The fraction of sp³-hybridized carbons (Fsp3) is 0.867. The van der Waals surface area contributed by atoms with Crippen molar-refractivity contribution in [3.63, 3.8) is 0 Å². The first-order chi connectivity index (χ1) is 11.4. The second kappa shape index (κ2) is 9.90. The molecule has 9 nitrogen and oxygen atoms in total. The fourth-order valence-corrected chi connectivity index (χ4v) is 2.66. The summed E-state index contributed by atoms with van der Waals surface area (Å²) in [4.78, 5) is 22.6. The molecule has 0 bridgehead atoms. The maximum atomic E-state index is 11.5. The first kappa shape index (κ1) is 20.8. The minimum Gasteiger partial charge on any atom is -0.463 e. The van der Waals surface area contributed by atoms with E-state index < -0.39 is 48.7 Å². The van der Waals surface area contributed by atoms with Gasteiger partial charge in [-0.1, -0.05) is 0 Å². The molecule has 6 unspecified atom stereocenters. The van der Waals surface area contributed by atoms with Crippen LogP contribution in [0.5, 0.6) is 0 Å². The van der Waals surface area contributed by atoms with Crippen LogP contribution in [0.1, 0.15) is 13.8 Å². The normalized spacial score (nSPS) is 31.3.